The lowest BCUT2D eigenvalue weighted by Crippen LogP contribution is -2.30. The molecule has 1 aliphatic heterocycles. The van der Waals surface area contributed by atoms with Crippen LogP contribution in [0.2, 0.25) is 0 Å². The number of phosphoric acid groups is 1. The van der Waals surface area contributed by atoms with Gasteiger partial charge in [0.05, 0.1) is 25.4 Å². The number of aryl methyl sites for hydroxylation is 1. The van der Waals surface area contributed by atoms with Crippen molar-refractivity contribution in [2.24, 2.45) is 7.05 Å². The Bertz CT molecular complexity index is 1190. The molecule has 0 bridgehead atoms. The zero-order valence-electron chi connectivity index (χ0n) is 18.1. The van der Waals surface area contributed by atoms with Crippen molar-refractivity contribution in [2.75, 3.05) is 11.4 Å². The number of carbonyl (C=O) groups excluding carboxylic acids is 1. The van der Waals surface area contributed by atoms with Gasteiger partial charge in [0.15, 0.2) is 0 Å². The van der Waals surface area contributed by atoms with Crippen LogP contribution in [0.3, 0.4) is 0 Å². The van der Waals surface area contributed by atoms with Crippen LogP contribution in [0.15, 0.2) is 36.5 Å². The van der Waals surface area contributed by atoms with Gasteiger partial charge in [-0.1, -0.05) is 13.0 Å². The molecule has 0 aliphatic carbocycles. The number of hydrogen-bond donors (Lipinski definition) is 4. The van der Waals surface area contributed by atoms with Gasteiger partial charge in [0.1, 0.15) is 17.6 Å². The molecular weight excluding hydrogens is 474 g/mol. The fraction of sp³-hybridized carbons (Fsp3) is 0.316. The number of aliphatic hydroxyl groups is 1. The largest absolute Gasteiger partial charge is 0.466 e. The molecule has 1 aromatic carbocycles. The summed E-state index contributed by atoms with van der Waals surface area (Å²) in [5.41, 5.74) is 1.82. The minimum Gasteiger partial charge on any atom is -0.441 e. The van der Waals surface area contributed by atoms with Gasteiger partial charge < -0.3 is 24.5 Å². The molecule has 34 heavy (non-hydrogen) atoms. The highest BCUT2D eigenvalue weighted by atomic mass is 31.2. The van der Waals surface area contributed by atoms with Crippen molar-refractivity contribution in [3.8, 4) is 22.6 Å². The van der Waals surface area contributed by atoms with Crippen LogP contribution >= 0.6 is 7.82 Å². The Kier molecular flexibility index (Phi) is 7.69. The van der Waals surface area contributed by atoms with Gasteiger partial charge in [-0.15, -0.1) is 10.2 Å². The number of rotatable bonds is 5. The number of hydrogen-bond acceptors (Lipinski definition) is 8. The Labute approximate surface area is 192 Å². The monoisotopic (exact) mass is 496 g/mol. The molecule has 1 amide bonds. The minimum atomic E-state index is -4.64. The molecule has 1 unspecified atom stereocenters. The van der Waals surface area contributed by atoms with Gasteiger partial charge in [-0.3, -0.25) is 9.88 Å². The standard InChI is InChI=1S/C19H19FN6O3.H3O4P/c1-3-16(27)17-10-26(19(28)29-17)12-5-6-13(14(20)8-12)11-4-7-15(21-9-11)18-22-24-25(2)23-18;1-5(2,3)4/h4-9,16-17,27H,3,10H2,1-2H3;(H3,1,2,3,4)/t16?,17-;/m1./s1. The quantitative estimate of drug-likeness (QED) is 0.373. The lowest BCUT2D eigenvalue weighted by atomic mass is 10.1. The van der Waals surface area contributed by atoms with Gasteiger partial charge in [-0.2, -0.15) is 4.80 Å². The third kappa shape index (κ3) is 6.40. The Balaban J connectivity index is 0.000000588. The molecule has 0 radical (unpaired) electrons. The molecule has 0 saturated carbocycles. The van der Waals surface area contributed by atoms with E-state index in [1.54, 1.807) is 38.2 Å². The normalized spacial score (nSPS) is 16.6. The first-order valence-electron chi connectivity index (χ1n) is 9.91. The average molecular weight is 496 g/mol. The van der Waals surface area contributed by atoms with E-state index in [1.807, 2.05) is 0 Å². The van der Waals surface area contributed by atoms with Gasteiger partial charge in [-0.25, -0.2) is 13.8 Å². The number of aromatic nitrogens is 5. The second-order valence-corrected chi connectivity index (χ2v) is 8.25. The van der Waals surface area contributed by atoms with Crippen LogP contribution < -0.4 is 4.90 Å². The van der Waals surface area contributed by atoms with Crippen molar-refractivity contribution in [3.63, 3.8) is 0 Å². The summed E-state index contributed by atoms with van der Waals surface area (Å²) < 4.78 is 28.8. The van der Waals surface area contributed by atoms with E-state index < -0.39 is 31.9 Å². The number of pyridine rings is 1. The summed E-state index contributed by atoms with van der Waals surface area (Å²) in [7, 11) is -2.98. The maximum atomic E-state index is 14.8. The van der Waals surface area contributed by atoms with E-state index in [4.69, 9.17) is 24.0 Å². The molecule has 1 fully saturated rings. The molecule has 3 heterocycles. The molecule has 2 atom stereocenters. The van der Waals surface area contributed by atoms with Crippen LogP contribution in [0.4, 0.5) is 14.9 Å². The zero-order valence-corrected chi connectivity index (χ0v) is 18.9. The molecule has 0 spiro atoms. The number of halogens is 1. The second kappa shape index (κ2) is 10.3. The third-order valence-electron chi connectivity index (χ3n) is 4.76. The highest BCUT2D eigenvalue weighted by Crippen LogP contribution is 2.30. The highest BCUT2D eigenvalue weighted by Gasteiger charge is 2.36. The molecule has 1 aliphatic rings. The van der Waals surface area contributed by atoms with Crippen LogP contribution in [0.5, 0.6) is 0 Å². The summed E-state index contributed by atoms with van der Waals surface area (Å²) in [5, 5.41) is 21.6. The SMILES string of the molecule is CCC(O)[C@H]1CN(c2ccc(-c3ccc(-c4nnn(C)n4)nc3)c(F)c2)C(=O)O1.O=P(O)(O)O. The first-order valence-corrected chi connectivity index (χ1v) is 11.5. The number of carbonyl (C=O) groups is 1. The van der Waals surface area contributed by atoms with E-state index in [-0.39, 0.29) is 6.54 Å². The topological polar surface area (TPSA) is 184 Å². The predicted molar refractivity (Wildman–Crippen MR) is 116 cm³/mol. The summed E-state index contributed by atoms with van der Waals surface area (Å²) in [4.78, 5) is 40.6. The van der Waals surface area contributed by atoms with Gasteiger partial charge in [0.25, 0.3) is 0 Å². The third-order valence-corrected chi connectivity index (χ3v) is 4.76. The van der Waals surface area contributed by atoms with Gasteiger partial charge in [0, 0.05) is 17.3 Å². The minimum absolute atomic E-state index is 0.175. The lowest BCUT2D eigenvalue weighted by molar-refractivity contribution is 0.0308. The predicted octanol–water partition coefficient (Wildman–Crippen LogP) is 1.25. The number of anilines is 1. The van der Waals surface area contributed by atoms with E-state index in [2.05, 4.69) is 20.4 Å². The van der Waals surface area contributed by atoms with Crippen LogP contribution in [0.1, 0.15) is 13.3 Å². The van der Waals surface area contributed by atoms with Crippen molar-refractivity contribution in [1.29, 1.82) is 0 Å². The summed E-state index contributed by atoms with van der Waals surface area (Å²) >= 11 is 0. The summed E-state index contributed by atoms with van der Waals surface area (Å²) in [6.45, 7) is 1.98. The number of ether oxygens (including phenoxy) is 1. The van der Waals surface area contributed by atoms with Gasteiger partial charge in [0.2, 0.25) is 5.82 Å². The smallest absolute Gasteiger partial charge is 0.441 e. The highest BCUT2D eigenvalue weighted by molar-refractivity contribution is 7.45. The Morgan fingerprint density at radius 1 is 1.26 bits per heavy atom. The van der Waals surface area contributed by atoms with Crippen molar-refractivity contribution in [1.82, 2.24) is 25.2 Å². The maximum Gasteiger partial charge on any atom is 0.466 e. The van der Waals surface area contributed by atoms with Crippen molar-refractivity contribution < 1.29 is 38.3 Å². The number of benzene rings is 1. The van der Waals surface area contributed by atoms with Crippen LogP contribution in [0, 0.1) is 5.82 Å². The average Bonchev–Trinajstić information content (AvgIpc) is 3.38. The second-order valence-electron chi connectivity index (χ2n) is 7.22. The Morgan fingerprint density at radius 2 is 1.97 bits per heavy atom. The number of tetrazole rings is 1. The zero-order chi connectivity index (χ0) is 25.0. The maximum absolute atomic E-state index is 14.8. The summed E-state index contributed by atoms with van der Waals surface area (Å²) in [5.74, 6) is -0.117. The lowest BCUT2D eigenvalue weighted by Gasteiger charge is -2.16. The van der Waals surface area contributed by atoms with Crippen LogP contribution in [0.25, 0.3) is 22.6 Å². The fourth-order valence-corrected chi connectivity index (χ4v) is 3.14. The molecule has 4 rings (SSSR count). The van der Waals surface area contributed by atoms with Gasteiger partial charge in [-0.05, 0) is 35.9 Å². The van der Waals surface area contributed by atoms with E-state index >= 15 is 0 Å². The van der Waals surface area contributed by atoms with Crippen molar-refractivity contribution in [3.05, 3.63) is 42.3 Å². The summed E-state index contributed by atoms with van der Waals surface area (Å²) in [6.07, 6.45) is 0.0218. The molecule has 13 nitrogen and oxygen atoms in total. The molecule has 182 valence electrons. The first-order chi connectivity index (χ1) is 16.0. The number of cyclic esters (lactones) is 1. The summed E-state index contributed by atoms with van der Waals surface area (Å²) in [6, 6.07) is 7.90. The molecule has 15 heteroatoms. The van der Waals surface area contributed by atoms with Crippen molar-refractivity contribution >= 4 is 19.6 Å². The van der Waals surface area contributed by atoms with E-state index in [0.29, 0.717) is 34.8 Å². The number of aliphatic hydroxyl groups excluding tert-OH is 1. The molecular formula is C19H22FN6O7P. The number of nitrogens with zero attached hydrogens (tertiary/aromatic N) is 6. The van der Waals surface area contributed by atoms with Gasteiger partial charge >= 0.3 is 13.9 Å². The fourth-order valence-electron chi connectivity index (χ4n) is 3.14. The number of amides is 1. The van der Waals surface area contributed by atoms with Crippen LogP contribution in [-0.2, 0) is 16.3 Å². The molecule has 1 saturated heterocycles. The van der Waals surface area contributed by atoms with E-state index in [1.165, 1.54) is 22.0 Å². The Hall–Kier alpha value is -3.29. The van der Waals surface area contributed by atoms with Crippen molar-refractivity contribution in [2.45, 2.75) is 25.6 Å². The molecule has 4 N–H and O–H groups in total. The first kappa shape index (κ1) is 25.3. The van der Waals surface area contributed by atoms with E-state index in [0.717, 1.165) is 0 Å². The van der Waals surface area contributed by atoms with Crippen LogP contribution in [-0.4, -0.2) is 69.8 Å². The molecule has 3 aromatic rings. The Morgan fingerprint density at radius 3 is 2.50 bits per heavy atom. The molecule has 2 aromatic heterocycles. The van der Waals surface area contributed by atoms with E-state index in [9.17, 15) is 14.3 Å².